The number of H-pyrrole nitrogens is 1. The third kappa shape index (κ3) is 4.83. The zero-order chi connectivity index (χ0) is 23.5. The van der Waals surface area contributed by atoms with Crippen LogP contribution in [-0.2, 0) is 20.1 Å². The normalized spacial score (nSPS) is 12.1. The number of aliphatic hydroxyl groups excluding tert-OH is 1. The Morgan fingerprint density at radius 3 is 2.58 bits per heavy atom. The van der Waals surface area contributed by atoms with Crippen molar-refractivity contribution in [3.63, 3.8) is 0 Å². The predicted octanol–water partition coefficient (Wildman–Crippen LogP) is 2.09. The van der Waals surface area contributed by atoms with E-state index in [0.29, 0.717) is 18.2 Å². The molecule has 4 rings (SSSR count). The van der Waals surface area contributed by atoms with Gasteiger partial charge in [-0.1, -0.05) is 48.0 Å². The smallest absolute Gasteiger partial charge is 0.329 e. The number of imidazole rings is 1. The van der Waals surface area contributed by atoms with E-state index < -0.39 is 17.4 Å². The van der Waals surface area contributed by atoms with E-state index in [1.807, 2.05) is 62.4 Å². The number of hydrogen-bond donors (Lipinski definition) is 3. The number of aliphatic hydroxyl groups is 1. The Bertz CT molecular complexity index is 1380. The molecule has 33 heavy (non-hydrogen) atoms. The summed E-state index contributed by atoms with van der Waals surface area (Å²) in [5.41, 5.74) is 2.49. The molecule has 3 N–H and O–H groups in total. The Kier molecular flexibility index (Phi) is 6.32. The molecule has 9 nitrogen and oxygen atoms in total. The number of hydrogen-bond acceptors (Lipinski definition) is 6. The summed E-state index contributed by atoms with van der Waals surface area (Å²) in [5, 5.41) is 13.9. The summed E-state index contributed by atoms with van der Waals surface area (Å²) in [6.45, 7) is 4.50. The molecule has 172 valence electrons. The van der Waals surface area contributed by atoms with Crippen molar-refractivity contribution in [3.8, 4) is 5.75 Å². The fraction of sp³-hybridized carbons (Fsp3) is 0.292. The first-order valence-corrected chi connectivity index (χ1v) is 10.7. The van der Waals surface area contributed by atoms with Crippen LogP contribution in [0.2, 0.25) is 0 Å². The van der Waals surface area contributed by atoms with E-state index >= 15 is 0 Å². The van der Waals surface area contributed by atoms with Gasteiger partial charge in [0.1, 0.15) is 18.5 Å². The second-order valence-corrected chi connectivity index (χ2v) is 8.11. The van der Waals surface area contributed by atoms with Crippen LogP contribution >= 0.6 is 0 Å². The van der Waals surface area contributed by atoms with Gasteiger partial charge in [-0.25, -0.2) is 4.79 Å². The second kappa shape index (κ2) is 9.33. The van der Waals surface area contributed by atoms with Crippen LogP contribution < -0.4 is 21.3 Å². The number of rotatable bonds is 8. The maximum absolute atomic E-state index is 12.6. The number of benzene rings is 2. The van der Waals surface area contributed by atoms with Crippen molar-refractivity contribution in [2.24, 2.45) is 7.05 Å². The number of anilines is 1. The molecule has 0 aliphatic rings. The third-order valence-corrected chi connectivity index (χ3v) is 5.50. The summed E-state index contributed by atoms with van der Waals surface area (Å²) in [6, 6.07) is 15.6. The molecule has 2 aromatic heterocycles. The first-order valence-electron chi connectivity index (χ1n) is 10.7. The Labute approximate surface area is 190 Å². The molecule has 0 unspecified atom stereocenters. The van der Waals surface area contributed by atoms with Crippen molar-refractivity contribution in [3.05, 3.63) is 86.1 Å². The van der Waals surface area contributed by atoms with Gasteiger partial charge >= 0.3 is 5.69 Å². The monoisotopic (exact) mass is 449 g/mol. The largest absolute Gasteiger partial charge is 0.491 e. The van der Waals surface area contributed by atoms with Crippen molar-refractivity contribution < 1.29 is 9.84 Å². The highest BCUT2D eigenvalue weighted by Gasteiger charge is 2.20. The maximum atomic E-state index is 12.6. The molecule has 0 bridgehead atoms. The van der Waals surface area contributed by atoms with Crippen molar-refractivity contribution in [2.45, 2.75) is 33.0 Å². The van der Waals surface area contributed by atoms with Gasteiger partial charge in [0.15, 0.2) is 11.2 Å². The lowest BCUT2D eigenvalue weighted by molar-refractivity contribution is 0.0935. The van der Waals surface area contributed by atoms with Crippen LogP contribution in [0.4, 0.5) is 5.95 Å². The van der Waals surface area contributed by atoms with Crippen molar-refractivity contribution in [1.29, 1.82) is 0 Å². The maximum Gasteiger partial charge on any atom is 0.329 e. The number of fused-ring (bicyclic) bond motifs is 1. The van der Waals surface area contributed by atoms with Crippen molar-refractivity contribution in [2.75, 3.05) is 11.9 Å². The van der Waals surface area contributed by atoms with E-state index in [1.54, 1.807) is 11.6 Å². The average molecular weight is 450 g/mol. The molecule has 2 aromatic carbocycles. The zero-order valence-electron chi connectivity index (χ0n) is 18.8. The molecular weight excluding hydrogens is 422 g/mol. The minimum Gasteiger partial charge on any atom is -0.491 e. The number of nitrogens with one attached hydrogen (secondary N) is 2. The van der Waals surface area contributed by atoms with Crippen molar-refractivity contribution in [1.82, 2.24) is 19.1 Å². The van der Waals surface area contributed by atoms with Gasteiger partial charge in [0.2, 0.25) is 5.95 Å². The number of aromatic nitrogens is 4. The van der Waals surface area contributed by atoms with Crippen molar-refractivity contribution >= 4 is 17.1 Å². The summed E-state index contributed by atoms with van der Waals surface area (Å²) in [6.07, 6.45) is -0.918. The molecule has 0 spiro atoms. The fourth-order valence-corrected chi connectivity index (χ4v) is 3.60. The number of ether oxygens (including phenoxy) is 1. The predicted molar refractivity (Wildman–Crippen MR) is 127 cm³/mol. The van der Waals surface area contributed by atoms with E-state index in [-0.39, 0.29) is 24.3 Å². The zero-order valence-corrected chi connectivity index (χ0v) is 18.8. The van der Waals surface area contributed by atoms with Gasteiger partial charge in [-0.05, 0) is 31.0 Å². The van der Waals surface area contributed by atoms with Gasteiger partial charge in [0.25, 0.3) is 5.56 Å². The van der Waals surface area contributed by atoms with Crippen LogP contribution in [0.5, 0.6) is 5.75 Å². The number of aryl methyl sites for hydroxylation is 3. The molecule has 0 radical (unpaired) electrons. The highest BCUT2D eigenvalue weighted by atomic mass is 16.5. The highest BCUT2D eigenvalue weighted by molar-refractivity contribution is 5.74. The van der Waals surface area contributed by atoms with Gasteiger partial charge in [0, 0.05) is 13.6 Å². The quantitative estimate of drug-likeness (QED) is 0.380. The molecule has 0 saturated carbocycles. The standard InChI is InChI=1S/C24H27N5O4/c1-15-8-10-17(11-9-15)12-25-23-26-21-20(22(31)27-24(32)28(21)3)29(23)13-18(30)14-33-19-7-5-4-6-16(19)2/h4-11,18,30H,12-14H2,1-3H3,(H,25,26)(H,27,31,32)/t18-/m0/s1. The molecule has 0 aliphatic carbocycles. The van der Waals surface area contributed by atoms with E-state index in [4.69, 9.17) is 4.74 Å². The fourth-order valence-electron chi connectivity index (χ4n) is 3.60. The van der Waals surface area contributed by atoms with Gasteiger partial charge in [-0.15, -0.1) is 0 Å². The van der Waals surface area contributed by atoms with E-state index in [1.165, 1.54) is 4.57 Å². The SMILES string of the molecule is Cc1ccc(CNc2nc3c(c(=O)[nH]c(=O)n3C)n2C[C@H](O)COc2ccccc2C)cc1. The van der Waals surface area contributed by atoms with Crippen LogP contribution in [0.3, 0.4) is 0 Å². The Hall–Kier alpha value is -3.85. The van der Waals surface area contributed by atoms with Crippen LogP contribution in [0.1, 0.15) is 16.7 Å². The molecule has 1 atom stereocenters. The van der Waals surface area contributed by atoms with E-state index in [9.17, 15) is 14.7 Å². The average Bonchev–Trinajstić information content (AvgIpc) is 3.15. The number of nitrogens with zero attached hydrogens (tertiary/aromatic N) is 3. The summed E-state index contributed by atoms with van der Waals surface area (Å²) in [4.78, 5) is 31.5. The molecule has 0 aliphatic heterocycles. The highest BCUT2D eigenvalue weighted by Crippen LogP contribution is 2.19. The van der Waals surface area contributed by atoms with Gasteiger partial charge in [-0.3, -0.25) is 14.3 Å². The lowest BCUT2D eigenvalue weighted by atomic mass is 10.1. The number of aromatic amines is 1. The first-order chi connectivity index (χ1) is 15.8. The van der Waals surface area contributed by atoms with Crippen LogP contribution in [-0.4, -0.2) is 36.9 Å². The Morgan fingerprint density at radius 1 is 1.12 bits per heavy atom. The van der Waals surface area contributed by atoms with Crippen LogP contribution in [0, 0.1) is 13.8 Å². The molecule has 4 aromatic rings. The van der Waals surface area contributed by atoms with E-state index in [2.05, 4.69) is 15.3 Å². The third-order valence-electron chi connectivity index (χ3n) is 5.50. The van der Waals surface area contributed by atoms with Gasteiger partial charge in [-0.2, -0.15) is 4.98 Å². The minimum atomic E-state index is -0.918. The second-order valence-electron chi connectivity index (χ2n) is 8.11. The lowest BCUT2D eigenvalue weighted by Crippen LogP contribution is -2.31. The summed E-state index contributed by atoms with van der Waals surface area (Å²) < 4.78 is 8.64. The summed E-state index contributed by atoms with van der Waals surface area (Å²) in [7, 11) is 1.54. The molecule has 0 saturated heterocycles. The molecule has 9 heteroatoms. The summed E-state index contributed by atoms with van der Waals surface area (Å²) in [5.74, 6) is 1.07. The number of para-hydroxylation sites is 1. The van der Waals surface area contributed by atoms with Crippen LogP contribution in [0.25, 0.3) is 11.2 Å². The van der Waals surface area contributed by atoms with Gasteiger partial charge in [0.05, 0.1) is 6.54 Å². The lowest BCUT2D eigenvalue weighted by Gasteiger charge is -2.16. The molecular formula is C24H27N5O4. The van der Waals surface area contributed by atoms with Gasteiger partial charge < -0.3 is 19.7 Å². The Morgan fingerprint density at radius 2 is 1.85 bits per heavy atom. The Balaban J connectivity index is 1.62. The molecule has 0 amide bonds. The topological polar surface area (TPSA) is 114 Å². The molecule has 0 fully saturated rings. The van der Waals surface area contributed by atoms with E-state index in [0.717, 1.165) is 16.7 Å². The molecule has 2 heterocycles. The summed E-state index contributed by atoms with van der Waals surface area (Å²) >= 11 is 0. The minimum absolute atomic E-state index is 0.0333. The first kappa shape index (κ1) is 22.3. The van der Waals surface area contributed by atoms with Crippen LogP contribution in [0.15, 0.2) is 58.1 Å².